The zero-order valence-electron chi connectivity index (χ0n) is 14.4. The Morgan fingerprint density at radius 2 is 1.81 bits per heavy atom. The van der Waals surface area contributed by atoms with Crippen LogP contribution in [0.15, 0.2) is 48.8 Å². The molecule has 1 heterocycles. The van der Waals surface area contributed by atoms with Gasteiger partial charge in [-0.1, -0.05) is 23.7 Å². The molecule has 0 radical (unpaired) electrons. The van der Waals surface area contributed by atoms with Crippen molar-refractivity contribution in [3.63, 3.8) is 0 Å². The summed E-state index contributed by atoms with van der Waals surface area (Å²) in [6, 6.07) is 11.8. The van der Waals surface area contributed by atoms with Gasteiger partial charge in [-0.25, -0.2) is 14.4 Å². The third kappa shape index (κ3) is 4.40. The van der Waals surface area contributed by atoms with Gasteiger partial charge in [0.15, 0.2) is 0 Å². The van der Waals surface area contributed by atoms with Crippen LogP contribution in [0.25, 0.3) is 0 Å². The number of rotatable bonds is 6. The molecular formula is C19H18ClFN4O. The highest BCUT2D eigenvalue weighted by molar-refractivity contribution is 6.31. The summed E-state index contributed by atoms with van der Waals surface area (Å²) in [5.41, 5.74) is 2.64. The van der Waals surface area contributed by atoms with E-state index in [0.29, 0.717) is 29.0 Å². The van der Waals surface area contributed by atoms with Crippen molar-refractivity contribution in [1.82, 2.24) is 9.97 Å². The number of nitrogens with zero attached hydrogens (tertiary/aromatic N) is 2. The van der Waals surface area contributed by atoms with E-state index >= 15 is 0 Å². The van der Waals surface area contributed by atoms with Crippen LogP contribution >= 0.6 is 11.6 Å². The van der Waals surface area contributed by atoms with Crippen LogP contribution in [0.2, 0.25) is 5.02 Å². The molecule has 134 valence electrons. The maximum atomic E-state index is 13.0. The smallest absolute Gasteiger partial charge is 0.143 e. The van der Waals surface area contributed by atoms with Crippen LogP contribution < -0.4 is 15.4 Å². The van der Waals surface area contributed by atoms with Crippen LogP contribution in [-0.4, -0.2) is 17.1 Å². The molecule has 0 unspecified atom stereocenters. The van der Waals surface area contributed by atoms with E-state index in [2.05, 4.69) is 20.6 Å². The molecule has 0 spiro atoms. The van der Waals surface area contributed by atoms with Crippen molar-refractivity contribution in [2.45, 2.75) is 13.5 Å². The van der Waals surface area contributed by atoms with Crippen molar-refractivity contribution in [1.29, 1.82) is 0 Å². The van der Waals surface area contributed by atoms with Crippen LogP contribution in [0, 0.1) is 12.7 Å². The number of nitrogens with one attached hydrogen (secondary N) is 2. The maximum Gasteiger partial charge on any atom is 0.143 e. The van der Waals surface area contributed by atoms with Crippen LogP contribution in [0.4, 0.5) is 21.7 Å². The summed E-state index contributed by atoms with van der Waals surface area (Å²) in [5, 5.41) is 7.04. The minimum Gasteiger partial charge on any atom is -0.495 e. The standard InChI is InChI=1S/C19H18ClFN4O/c1-12-7-16(17(26-2)8-15(12)20)25-19-9-18(23-11-24-19)22-10-13-3-5-14(21)6-4-13/h3-9,11H,10H2,1-2H3,(H2,22,23,24,25). The molecule has 0 aliphatic carbocycles. The number of hydrogen-bond acceptors (Lipinski definition) is 5. The van der Waals surface area contributed by atoms with E-state index in [1.54, 1.807) is 31.4 Å². The Morgan fingerprint density at radius 1 is 1.08 bits per heavy atom. The van der Waals surface area contributed by atoms with Crippen molar-refractivity contribution < 1.29 is 9.13 Å². The molecule has 7 heteroatoms. The fourth-order valence-corrected chi connectivity index (χ4v) is 2.54. The van der Waals surface area contributed by atoms with Crippen molar-refractivity contribution in [3.05, 3.63) is 70.8 Å². The van der Waals surface area contributed by atoms with Crippen LogP contribution in [0.1, 0.15) is 11.1 Å². The first kappa shape index (κ1) is 17.9. The second kappa shape index (κ2) is 8.01. The summed E-state index contributed by atoms with van der Waals surface area (Å²) in [5.74, 6) is 1.63. The number of anilines is 3. The molecule has 0 aliphatic rings. The lowest BCUT2D eigenvalue weighted by molar-refractivity contribution is 0.416. The summed E-state index contributed by atoms with van der Waals surface area (Å²) < 4.78 is 18.3. The normalized spacial score (nSPS) is 10.5. The van der Waals surface area contributed by atoms with Gasteiger partial charge in [-0.15, -0.1) is 0 Å². The molecule has 2 aromatic carbocycles. The molecule has 0 fully saturated rings. The number of aromatic nitrogens is 2. The predicted molar refractivity (Wildman–Crippen MR) is 102 cm³/mol. The molecule has 0 atom stereocenters. The molecule has 1 aromatic heterocycles. The highest BCUT2D eigenvalue weighted by Gasteiger charge is 2.08. The zero-order valence-corrected chi connectivity index (χ0v) is 15.1. The predicted octanol–water partition coefficient (Wildman–Crippen LogP) is 4.94. The van der Waals surface area contributed by atoms with Gasteiger partial charge in [-0.05, 0) is 36.2 Å². The Labute approximate surface area is 156 Å². The molecule has 0 bridgehead atoms. The van der Waals surface area contributed by atoms with Gasteiger partial charge in [-0.3, -0.25) is 0 Å². The molecule has 0 saturated carbocycles. The van der Waals surface area contributed by atoms with Crippen molar-refractivity contribution in [2.24, 2.45) is 0 Å². The van der Waals surface area contributed by atoms with Crippen molar-refractivity contribution in [3.8, 4) is 5.75 Å². The number of aryl methyl sites for hydroxylation is 1. The third-order valence-electron chi connectivity index (χ3n) is 3.80. The molecular weight excluding hydrogens is 355 g/mol. The zero-order chi connectivity index (χ0) is 18.5. The van der Waals surface area contributed by atoms with E-state index < -0.39 is 0 Å². The van der Waals surface area contributed by atoms with Crippen LogP contribution in [0.3, 0.4) is 0 Å². The summed E-state index contributed by atoms with van der Waals surface area (Å²) in [6.07, 6.45) is 1.46. The summed E-state index contributed by atoms with van der Waals surface area (Å²) in [7, 11) is 1.59. The van der Waals surface area contributed by atoms with Crippen molar-refractivity contribution >= 4 is 28.9 Å². The first-order valence-corrected chi connectivity index (χ1v) is 8.34. The molecule has 26 heavy (non-hydrogen) atoms. The largest absolute Gasteiger partial charge is 0.495 e. The minimum absolute atomic E-state index is 0.255. The average Bonchev–Trinajstić information content (AvgIpc) is 2.64. The van der Waals surface area contributed by atoms with E-state index in [9.17, 15) is 4.39 Å². The fourth-order valence-electron chi connectivity index (χ4n) is 2.39. The summed E-state index contributed by atoms with van der Waals surface area (Å²) >= 11 is 6.14. The Kier molecular flexibility index (Phi) is 5.53. The van der Waals surface area contributed by atoms with E-state index in [4.69, 9.17) is 16.3 Å². The second-order valence-electron chi connectivity index (χ2n) is 5.70. The maximum absolute atomic E-state index is 13.0. The van der Waals surface area contributed by atoms with Gasteiger partial charge in [0, 0.05) is 23.7 Å². The van der Waals surface area contributed by atoms with Crippen LogP contribution in [0.5, 0.6) is 5.75 Å². The van der Waals surface area contributed by atoms with Crippen LogP contribution in [-0.2, 0) is 6.54 Å². The van der Waals surface area contributed by atoms with Gasteiger partial charge in [0.25, 0.3) is 0 Å². The topological polar surface area (TPSA) is 59.1 Å². The molecule has 3 rings (SSSR count). The number of ether oxygens (including phenoxy) is 1. The second-order valence-corrected chi connectivity index (χ2v) is 6.10. The quantitative estimate of drug-likeness (QED) is 0.641. The van der Waals surface area contributed by atoms with E-state index in [0.717, 1.165) is 16.8 Å². The molecule has 0 amide bonds. The van der Waals surface area contributed by atoms with E-state index in [-0.39, 0.29) is 5.82 Å². The Balaban J connectivity index is 1.73. The van der Waals surface area contributed by atoms with Gasteiger partial charge < -0.3 is 15.4 Å². The number of benzene rings is 2. The monoisotopic (exact) mass is 372 g/mol. The number of hydrogen-bond donors (Lipinski definition) is 2. The third-order valence-corrected chi connectivity index (χ3v) is 4.20. The lowest BCUT2D eigenvalue weighted by atomic mass is 10.2. The first-order chi connectivity index (χ1) is 12.5. The summed E-state index contributed by atoms with van der Waals surface area (Å²) in [6.45, 7) is 2.45. The van der Waals surface area contributed by atoms with Gasteiger partial charge >= 0.3 is 0 Å². The van der Waals surface area contributed by atoms with E-state index in [1.165, 1.54) is 18.5 Å². The number of methoxy groups -OCH3 is 1. The molecule has 0 aliphatic heterocycles. The Hall–Kier alpha value is -2.86. The van der Waals surface area contributed by atoms with E-state index in [1.807, 2.05) is 13.0 Å². The van der Waals surface area contributed by atoms with Gasteiger partial charge in [-0.2, -0.15) is 0 Å². The average molecular weight is 373 g/mol. The molecule has 2 N–H and O–H groups in total. The molecule has 3 aromatic rings. The van der Waals surface area contributed by atoms with Gasteiger partial charge in [0.2, 0.25) is 0 Å². The molecule has 5 nitrogen and oxygen atoms in total. The fraction of sp³-hybridized carbons (Fsp3) is 0.158. The first-order valence-electron chi connectivity index (χ1n) is 7.96. The Bertz CT molecular complexity index is 903. The van der Waals surface area contributed by atoms with Gasteiger partial charge in [0.1, 0.15) is 29.5 Å². The highest BCUT2D eigenvalue weighted by Crippen LogP contribution is 2.32. The lowest BCUT2D eigenvalue weighted by Gasteiger charge is -2.13. The lowest BCUT2D eigenvalue weighted by Crippen LogP contribution is -2.03. The Morgan fingerprint density at radius 3 is 2.54 bits per heavy atom. The number of halogens is 2. The molecule has 0 saturated heterocycles. The van der Waals surface area contributed by atoms with Crippen molar-refractivity contribution in [2.75, 3.05) is 17.7 Å². The SMILES string of the molecule is COc1cc(Cl)c(C)cc1Nc1cc(NCc2ccc(F)cc2)ncn1. The van der Waals surface area contributed by atoms with Gasteiger partial charge in [0.05, 0.1) is 12.8 Å². The minimum atomic E-state index is -0.255. The summed E-state index contributed by atoms with van der Waals surface area (Å²) in [4.78, 5) is 8.43. The highest BCUT2D eigenvalue weighted by atomic mass is 35.5.